The predicted molar refractivity (Wildman–Crippen MR) is 69.7 cm³/mol. The molecule has 5 nitrogen and oxygen atoms in total. The third-order valence-corrected chi connectivity index (χ3v) is 3.47. The van der Waals surface area contributed by atoms with Crippen LogP contribution < -0.4 is 5.32 Å². The number of likely N-dealkylation sites (N-methyl/N-ethyl adjacent to an activating group) is 1. The van der Waals surface area contributed by atoms with E-state index in [9.17, 15) is 0 Å². The van der Waals surface area contributed by atoms with E-state index in [1.807, 2.05) is 0 Å². The number of anilines is 1. The maximum atomic E-state index is 5.68. The normalized spacial score (nSPS) is 22.0. The van der Waals surface area contributed by atoms with Crippen molar-refractivity contribution in [1.82, 2.24) is 14.3 Å². The molecule has 0 bridgehead atoms. The van der Waals surface area contributed by atoms with Gasteiger partial charge in [-0.3, -0.25) is 0 Å². The minimum absolute atomic E-state index is 0.250. The highest BCUT2D eigenvalue weighted by atomic mass is 32.1. The maximum Gasteiger partial charge on any atom is 0.202 e. The molecule has 0 spiro atoms. The van der Waals surface area contributed by atoms with Crippen molar-refractivity contribution >= 4 is 16.7 Å². The molecule has 1 aromatic heterocycles. The first-order chi connectivity index (χ1) is 8.15. The summed E-state index contributed by atoms with van der Waals surface area (Å²) < 4.78 is 9.99. The standard InChI is InChI=1S/C11H20N4OS/c1-8(2)10-13-11(17-14-10)12-6-9-7-15(3)4-5-16-9/h8-9H,4-7H2,1-3H3,(H,12,13,14). The van der Waals surface area contributed by atoms with Crippen LogP contribution in [0.3, 0.4) is 0 Å². The molecule has 1 fully saturated rings. The van der Waals surface area contributed by atoms with Crippen molar-refractivity contribution in [3.8, 4) is 0 Å². The molecule has 2 rings (SSSR count). The number of morpholine rings is 1. The molecule has 0 aromatic carbocycles. The number of rotatable bonds is 4. The Bertz CT molecular complexity index is 355. The number of nitrogens with one attached hydrogen (secondary N) is 1. The van der Waals surface area contributed by atoms with E-state index in [1.165, 1.54) is 11.5 Å². The number of hydrogen-bond donors (Lipinski definition) is 1. The van der Waals surface area contributed by atoms with Crippen molar-refractivity contribution in [3.05, 3.63) is 5.82 Å². The molecule has 6 heteroatoms. The molecule has 1 atom stereocenters. The zero-order valence-electron chi connectivity index (χ0n) is 10.6. The van der Waals surface area contributed by atoms with Gasteiger partial charge in [-0.2, -0.15) is 4.37 Å². The summed E-state index contributed by atoms with van der Waals surface area (Å²) in [6.45, 7) is 7.82. The monoisotopic (exact) mass is 256 g/mol. The molecular formula is C11H20N4OS. The van der Waals surface area contributed by atoms with Gasteiger partial charge in [0, 0.05) is 37.1 Å². The van der Waals surface area contributed by atoms with Crippen molar-refractivity contribution in [3.63, 3.8) is 0 Å². The van der Waals surface area contributed by atoms with E-state index in [4.69, 9.17) is 4.74 Å². The first-order valence-electron chi connectivity index (χ1n) is 6.02. The van der Waals surface area contributed by atoms with Crippen molar-refractivity contribution in [2.75, 3.05) is 38.6 Å². The molecule has 1 aliphatic rings. The lowest BCUT2D eigenvalue weighted by molar-refractivity contribution is -0.0117. The lowest BCUT2D eigenvalue weighted by atomic mass is 10.2. The molecule has 1 saturated heterocycles. The molecule has 0 saturated carbocycles. The van der Waals surface area contributed by atoms with Gasteiger partial charge in [0.1, 0.15) is 5.82 Å². The highest BCUT2D eigenvalue weighted by molar-refractivity contribution is 7.09. The number of ether oxygens (including phenoxy) is 1. The Morgan fingerprint density at radius 2 is 2.41 bits per heavy atom. The van der Waals surface area contributed by atoms with Crippen LogP contribution in [0.4, 0.5) is 5.13 Å². The van der Waals surface area contributed by atoms with E-state index in [0.29, 0.717) is 5.92 Å². The first-order valence-corrected chi connectivity index (χ1v) is 6.80. The summed E-state index contributed by atoms with van der Waals surface area (Å²) in [5.41, 5.74) is 0. The largest absolute Gasteiger partial charge is 0.374 e. The summed E-state index contributed by atoms with van der Waals surface area (Å²) in [6.07, 6.45) is 0.250. The van der Waals surface area contributed by atoms with Gasteiger partial charge >= 0.3 is 0 Å². The fraction of sp³-hybridized carbons (Fsp3) is 0.818. The molecular weight excluding hydrogens is 236 g/mol. The quantitative estimate of drug-likeness (QED) is 0.882. The van der Waals surface area contributed by atoms with Gasteiger partial charge in [-0.15, -0.1) is 0 Å². The summed E-state index contributed by atoms with van der Waals surface area (Å²) in [5, 5.41) is 4.20. The predicted octanol–water partition coefficient (Wildman–Crippen LogP) is 1.40. The van der Waals surface area contributed by atoms with Crippen LogP contribution in [0.1, 0.15) is 25.6 Å². The van der Waals surface area contributed by atoms with Gasteiger partial charge in [-0.25, -0.2) is 4.98 Å². The van der Waals surface area contributed by atoms with E-state index < -0.39 is 0 Å². The van der Waals surface area contributed by atoms with Crippen molar-refractivity contribution in [2.45, 2.75) is 25.9 Å². The lowest BCUT2D eigenvalue weighted by Gasteiger charge is -2.29. The number of aromatic nitrogens is 2. The molecule has 1 aliphatic heterocycles. The van der Waals surface area contributed by atoms with E-state index in [2.05, 4.69) is 40.5 Å². The minimum atomic E-state index is 0.250. The fourth-order valence-corrected chi connectivity index (χ4v) is 2.45. The number of nitrogens with zero attached hydrogens (tertiary/aromatic N) is 3. The second kappa shape index (κ2) is 5.75. The van der Waals surface area contributed by atoms with Crippen LogP contribution in [-0.4, -0.2) is 53.7 Å². The van der Waals surface area contributed by atoms with Crippen LogP contribution >= 0.6 is 11.5 Å². The van der Waals surface area contributed by atoms with Gasteiger partial charge in [0.25, 0.3) is 0 Å². The Kier molecular flexibility index (Phi) is 4.31. The van der Waals surface area contributed by atoms with Crippen LogP contribution in [0.5, 0.6) is 0 Å². The first kappa shape index (κ1) is 12.7. The second-order valence-corrected chi connectivity index (χ2v) is 5.50. The van der Waals surface area contributed by atoms with Crippen molar-refractivity contribution < 1.29 is 4.74 Å². The van der Waals surface area contributed by atoms with Crippen LogP contribution in [0.15, 0.2) is 0 Å². The summed E-state index contributed by atoms with van der Waals surface area (Å²) in [6, 6.07) is 0. The molecule has 96 valence electrons. The van der Waals surface area contributed by atoms with Crippen LogP contribution in [0.2, 0.25) is 0 Å². The molecule has 0 radical (unpaired) electrons. The fourth-order valence-electron chi connectivity index (χ4n) is 1.73. The topological polar surface area (TPSA) is 50.3 Å². The average molecular weight is 256 g/mol. The smallest absolute Gasteiger partial charge is 0.202 e. The van der Waals surface area contributed by atoms with E-state index >= 15 is 0 Å². The van der Waals surface area contributed by atoms with Crippen molar-refractivity contribution in [1.29, 1.82) is 0 Å². The van der Waals surface area contributed by atoms with Gasteiger partial charge in [-0.1, -0.05) is 13.8 Å². The van der Waals surface area contributed by atoms with E-state index in [0.717, 1.165) is 37.2 Å². The van der Waals surface area contributed by atoms with Crippen LogP contribution in [0, 0.1) is 0 Å². The molecule has 17 heavy (non-hydrogen) atoms. The Morgan fingerprint density at radius 1 is 1.59 bits per heavy atom. The molecule has 0 aliphatic carbocycles. The summed E-state index contributed by atoms with van der Waals surface area (Å²) in [5.74, 6) is 1.30. The number of hydrogen-bond acceptors (Lipinski definition) is 6. The van der Waals surface area contributed by atoms with E-state index in [1.54, 1.807) is 0 Å². The molecule has 2 heterocycles. The summed E-state index contributed by atoms with van der Waals surface area (Å²) >= 11 is 1.43. The zero-order chi connectivity index (χ0) is 12.3. The Hall–Kier alpha value is -0.720. The highest BCUT2D eigenvalue weighted by Crippen LogP contribution is 2.17. The minimum Gasteiger partial charge on any atom is -0.374 e. The second-order valence-electron chi connectivity index (χ2n) is 4.75. The third kappa shape index (κ3) is 3.62. The molecule has 1 aromatic rings. The Labute approximate surface area is 106 Å². The maximum absolute atomic E-state index is 5.68. The van der Waals surface area contributed by atoms with Gasteiger partial charge in [-0.05, 0) is 7.05 Å². The van der Waals surface area contributed by atoms with Crippen LogP contribution in [-0.2, 0) is 4.74 Å². The summed E-state index contributed by atoms with van der Waals surface area (Å²) in [7, 11) is 2.12. The SMILES string of the molecule is CC(C)c1nsc(NCC2CN(C)CCO2)n1. The van der Waals surface area contributed by atoms with Crippen LogP contribution in [0.25, 0.3) is 0 Å². The van der Waals surface area contributed by atoms with Crippen molar-refractivity contribution in [2.24, 2.45) is 0 Å². The summed E-state index contributed by atoms with van der Waals surface area (Å²) in [4.78, 5) is 6.73. The van der Waals surface area contributed by atoms with E-state index in [-0.39, 0.29) is 6.10 Å². The molecule has 1 unspecified atom stereocenters. The lowest BCUT2D eigenvalue weighted by Crippen LogP contribution is -2.43. The molecule has 0 amide bonds. The van der Waals surface area contributed by atoms with Gasteiger partial charge in [0.15, 0.2) is 0 Å². The zero-order valence-corrected chi connectivity index (χ0v) is 11.5. The van der Waals surface area contributed by atoms with Gasteiger partial charge in [0.05, 0.1) is 12.7 Å². The Balaban J connectivity index is 1.80. The Morgan fingerprint density at radius 3 is 3.06 bits per heavy atom. The van der Waals surface area contributed by atoms with Gasteiger partial charge < -0.3 is 15.0 Å². The average Bonchev–Trinajstić information content (AvgIpc) is 2.75. The van der Waals surface area contributed by atoms with Gasteiger partial charge in [0.2, 0.25) is 5.13 Å². The third-order valence-electron chi connectivity index (χ3n) is 2.78. The highest BCUT2D eigenvalue weighted by Gasteiger charge is 2.18. The molecule has 1 N–H and O–H groups in total.